The summed E-state index contributed by atoms with van der Waals surface area (Å²) in [6.45, 7) is -0.410. The summed E-state index contributed by atoms with van der Waals surface area (Å²) in [5.74, 6) is -5.72. The highest BCUT2D eigenvalue weighted by Crippen LogP contribution is 2.24. The second-order valence-corrected chi connectivity index (χ2v) is 7.67. The third kappa shape index (κ3) is 5.43. The van der Waals surface area contributed by atoms with E-state index in [4.69, 9.17) is 16.3 Å². The molecule has 0 spiro atoms. The second-order valence-electron chi connectivity index (χ2n) is 7.26. The van der Waals surface area contributed by atoms with Gasteiger partial charge >= 0.3 is 5.97 Å². The van der Waals surface area contributed by atoms with Crippen molar-refractivity contribution in [3.63, 3.8) is 0 Å². The van der Waals surface area contributed by atoms with Crippen molar-refractivity contribution in [3.8, 4) is 11.6 Å². The third-order valence-electron chi connectivity index (χ3n) is 5.01. The number of carbonyl (C=O) groups is 2. The lowest BCUT2D eigenvalue weighted by atomic mass is 10.0. The van der Waals surface area contributed by atoms with Crippen LogP contribution in [0.25, 0.3) is 0 Å². The number of nitrogens with zero attached hydrogens (tertiary/aromatic N) is 2. The molecule has 0 aliphatic carbocycles. The molecule has 2 aromatic carbocycles. The van der Waals surface area contributed by atoms with Gasteiger partial charge in [0, 0.05) is 16.7 Å². The molecule has 2 atom stereocenters. The number of benzene rings is 2. The first kappa shape index (κ1) is 24.9. The van der Waals surface area contributed by atoms with Gasteiger partial charge in [0.1, 0.15) is 0 Å². The van der Waals surface area contributed by atoms with Gasteiger partial charge in [-0.1, -0.05) is 35.9 Å². The summed E-state index contributed by atoms with van der Waals surface area (Å²) in [5, 5.41) is 36.0. The van der Waals surface area contributed by atoms with Gasteiger partial charge in [-0.05, 0) is 24.1 Å². The number of aliphatic hydroxyl groups is 1. The van der Waals surface area contributed by atoms with Crippen molar-refractivity contribution in [3.05, 3.63) is 75.9 Å². The number of amides is 1. The number of nitrogens with one attached hydrogen (secondary N) is 1. The molecule has 9 nitrogen and oxygen atoms in total. The molecule has 3 aromatic rings. The number of carbonyl (C=O) groups excluding carboxylic acids is 1. The van der Waals surface area contributed by atoms with Crippen LogP contribution in [0.3, 0.4) is 0 Å². The van der Waals surface area contributed by atoms with E-state index in [1.807, 2.05) is 0 Å². The van der Waals surface area contributed by atoms with E-state index in [0.717, 1.165) is 10.7 Å². The van der Waals surface area contributed by atoms with Crippen LogP contribution >= 0.6 is 11.6 Å². The van der Waals surface area contributed by atoms with E-state index in [1.54, 1.807) is 24.3 Å². The van der Waals surface area contributed by atoms with Gasteiger partial charge in [0.05, 0.1) is 19.7 Å². The maximum absolute atomic E-state index is 14.3. The summed E-state index contributed by atoms with van der Waals surface area (Å²) in [6, 6.07) is 8.63. The molecule has 180 valence electrons. The maximum Gasteiger partial charge on any atom is 0.334 e. The highest BCUT2D eigenvalue weighted by molar-refractivity contribution is 6.31. The Kier molecular flexibility index (Phi) is 7.69. The van der Waals surface area contributed by atoms with E-state index >= 15 is 0 Å². The number of aromatic nitrogens is 2. The maximum atomic E-state index is 14.3. The molecule has 1 heterocycles. The van der Waals surface area contributed by atoms with Crippen LogP contribution in [0, 0.1) is 11.6 Å². The first-order chi connectivity index (χ1) is 16.1. The van der Waals surface area contributed by atoms with E-state index < -0.39 is 48.1 Å². The Morgan fingerprint density at radius 1 is 1.18 bits per heavy atom. The number of methoxy groups -OCH3 is 1. The highest BCUT2D eigenvalue weighted by atomic mass is 35.5. The minimum Gasteiger partial charge on any atom is -0.494 e. The second kappa shape index (κ2) is 10.5. The zero-order valence-electron chi connectivity index (χ0n) is 17.7. The molecule has 3 rings (SSSR count). The van der Waals surface area contributed by atoms with Crippen LogP contribution in [0.1, 0.15) is 21.6 Å². The van der Waals surface area contributed by atoms with Crippen LogP contribution in [0.4, 0.5) is 8.78 Å². The summed E-state index contributed by atoms with van der Waals surface area (Å²) in [6.07, 6.45) is -2.07. The number of ether oxygens (including phenoxy) is 1. The van der Waals surface area contributed by atoms with Crippen molar-refractivity contribution in [2.75, 3.05) is 7.11 Å². The van der Waals surface area contributed by atoms with Crippen molar-refractivity contribution in [2.45, 2.75) is 25.1 Å². The molecular weight excluding hydrogens is 476 g/mol. The summed E-state index contributed by atoms with van der Waals surface area (Å²) in [5.41, 5.74) is -0.0182. The fourth-order valence-corrected chi connectivity index (χ4v) is 3.42. The first-order valence-corrected chi connectivity index (χ1v) is 10.2. The molecule has 1 amide bonds. The largest absolute Gasteiger partial charge is 0.494 e. The molecule has 0 aliphatic heterocycles. The van der Waals surface area contributed by atoms with Crippen LogP contribution in [0.2, 0.25) is 5.02 Å². The number of carboxylic acid groups (broad SMARTS) is 1. The minimum atomic E-state index is -1.97. The monoisotopic (exact) mass is 495 g/mol. The standard InChI is InChI=1S/C22H20ClF2N3O6/c1-34-16-7-6-12(18(24)19(16)25)10-28-17(29)9-15(27-28)21(31)26-14(20(30)22(32)33)8-11-4-2-3-5-13(11)23/h2-7,9,14,20,29-30H,8,10H2,1H3,(H,26,31)(H,32,33)/t14-,20-/m1/s1. The minimum absolute atomic E-state index is 0.109. The topological polar surface area (TPSA) is 134 Å². The lowest BCUT2D eigenvalue weighted by Gasteiger charge is -2.21. The van der Waals surface area contributed by atoms with Gasteiger partial charge in [0.15, 0.2) is 23.4 Å². The summed E-state index contributed by atoms with van der Waals surface area (Å²) < 4.78 is 33.8. The lowest BCUT2D eigenvalue weighted by Crippen LogP contribution is -2.48. The fourth-order valence-electron chi connectivity index (χ4n) is 3.20. The molecule has 0 unspecified atom stereocenters. The number of aliphatic carboxylic acids is 1. The Labute approximate surface area is 197 Å². The SMILES string of the molecule is COc1ccc(Cn2nc(C(=O)N[C@H](Cc3ccccc3Cl)[C@@H](O)C(=O)O)cc2O)c(F)c1F. The number of halogens is 3. The van der Waals surface area contributed by atoms with Gasteiger partial charge in [-0.15, -0.1) is 0 Å². The Balaban J connectivity index is 1.81. The van der Waals surface area contributed by atoms with Gasteiger partial charge in [-0.25, -0.2) is 13.9 Å². The zero-order chi connectivity index (χ0) is 25.0. The normalized spacial score (nSPS) is 12.7. The van der Waals surface area contributed by atoms with E-state index in [-0.39, 0.29) is 23.4 Å². The molecule has 0 saturated heterocycles. The molecular formula is C22H20ClF2N3O6. The van der Waals surface area contributed by atoms with Gasteiger partial charge in [0.2, 0.25) is 11.7 Å². The number of hydrogen-bond donors (Lipinski definition) is 4. The predicted octanol–water partition coefficient (Wildman–Crippen LogP) is 2.36. The van der Waals surface area contributed by atoms with Gasteiger partial charge in [0.25, 0.3) is 5.91 Å². The smallest absolute Gasteiger partial charge is 0.334 e. The van der Waals surface area contributed by atoms with Crippen molar-refractivity contribution < 1.29 is 38.4 Å². The van der Waals surface area contributed by atoms with Crippen molar-refractivity contribution in [1.82, 2.24) is 15.1 Å². The average Bonchev–Trinajstić information content (AvgIpc) is 3.17. The van der Waals surface area contributed by atoms with Crippen LogP contribution in [0.5, 0.6) is 11.6 Å². The van der Waals surface area contributed by atoms with E-state index in [2.05, 4.69) is 10.4 Å². The predicted molar refractivity (Wildman–Crippen MR) is 116 cm³/mol. The Morgan fingerprint density at radius 2 is 1.88 bits per heavy atom. The fraction of sp³-hybridized carbons (Fsp3) is 0.227. The molecule has 0 aliphatic rings. The van der Waals surface area contributed by atoms with E-state index in [9.17, 15) is 33.7 Å². The van der Waals surface area contributed by atoms with Gasteiger partial charge in [-0.2, -0.15) is 9.49 Å². The van der Waals surface area contributed by atoms with Crippen molar-refractivity contribution in [2.24, 2.45) is 0 Å². The van der Waals surface area contributed by atoms with Crippen LogP contribution in [-0.4, -0.2) is 56.2 Å². The number of hydrogen-bond acceptors (Lipinski definition) is 6. The van der Waals surface area contributed by atoms with Crippen LogP contribution < -0.4 is 10.1 Å². The van der Waals surface area contributed by atoms with Crippen LogP contribution in [-0.2, 0) is 17.8 Å². The van der Waals surface area contributed by atoms with Crippen molar-refractivity contribution >= 4 is 23.5 Å². The summed E-state index contributed by atoms with van der Waals surface area (Å²) in [4.78, 5) is 24.0. The molecule has 0 fully saturated rings. The van der Waals surface area contributed by atoms with E-state index in [1.165, 1.54) is 19.2 Å². The molecule has 1 aromatic heterocycles. The average molecular weight is 496 g/mol. The summed E-state index contributed by atoms with van der Waals surface area (Å²) in [7, 11) is 1.18. The Bertz CT molecular complexity index is 1220. The lowest BCUT2D eigenvalue weighted by molar-refractivity contribution is -0.148. The third-order valence-corrected chi connectivity index (χ3v) is 5.38. The Hall–Kier alpha value is -3.70. The van der Waals surface area contributed by atoms with Gasteiger partial charge < -0.3 is 25.4 Å². The molecule has 0 bridgehead atoms. The van der Waals surface area contributed by atoms with Gasteiger partial charge in [-0.3, -0.25) is 4.79 Å². The zero-order valence-corrected chi connectivity index (χ0v) is 18.5. The quantitative estimate of drug-likeness (QED) is 0.358. The molecule has 4 N–H and O–H groups in total. The number of rotatable bonds is 9. The van der Waals surface area contributed by atoms with E-state index in [0.29, 0.717) is 10.6 Å². The highest BCUT2D eigenvalue weighted by Gasteiger charge is 2.29. The number of carboxylic acids is 1. The first-order valence-electron chi connectivity index (χ1n) is 9.85. The van der Waals surface area contributed by atoms with Crippen molar-refractivity contribution in [1.29, 1.82) is 0 Å². The number of aromatic hydroxyl groups is 1. The Morgan fingerprint density at radius 3 is 2.53 bits per heavy atom. The number of aliphatic hydroxyl groups excluding tert-OH is 1. The molecule has 12 heteroatoms. The van der Waals surface area contributed by atoms with Crippen LogP contribution in [0.15, 0.2) is 42.5 Å². The molecule has 34 heavy (non-hydrogen) atoms. The molecule has 0 saturated carbocycles. The molecule has 0 radical (unpaired) electrons. The summed E-state index contributed by atoms with van der Waals surface area (Å²) >= 11 is 6.09.